The highest BCUT2D eigenvalue weighted by Gasteiger charge is 1.88. The molecule has 122 valence electrons. The number of hydrogen-bond acceptors (Lipinski definition) is 1. The van der Waals surface area contributed by atoms with Crippen molar-refractivity contribution in [3.63, 3.8) is 0 Å². The van der Waals surface area contributed by atoms with E-state index in [0.29, 0.717) is 0 Å². The maximum Gasteiger partial charge on any atom is 0.0428 e. The highest BCUT2D eigenvalue weighted by Crippen LogP contribution is 2.02. The summed E-state index contributed by atoms with van der Waals surface area (Å²) in [6.45, 7) is 17.8. The first-order valence-corrected chi connectivity index (χ1v) is 7.97. The number of pyridine rings is 1. The van der Waals surface area contributed by atoms with Crippen LogP contribution in [0.25, 0.3) is 0 Å². The van der Waals surface area contributed by atoms with Crippen molar-refractivity contribution in [2.75, 3.05) is 0 Å². The van der Waals surface area contributed by atoms with Crippen LogP contribution in [0.5, 0.6) is 0 Å². The van der Waals surface area contributed by atoms with Crippen LogP contribution in [0, 0.1) is 37.0 Å². The molecule has 0 fully saturated rings. The average Bonchev–Trinajstić information content (AvgIpc) is 2.59. The van der Waals surface area contributed by atoms with Crippen molar-refractivity contribution in [3.8, 4) is 24.2 Å². The van der Waals surface area contributed by atoms with Gasteiger partial charge in [-0.25, -0.2) is 0 Å². The Morgan fingerprint density at radius 1 is 1.27 bits per heavy atom. The molecule has 0 aliphatic rings. The SMILES string of the molecule is C#CC=C.CC.CC#Cc1ccc(C)nc1.CCC(C)CC. The number of allylic oxidation sites excluding steroid dienone is 1. The van der Waals surface area contributed by atoms with Gasteiger partial charge in [-0.15, -0.1) is 12.3 Å². The van der Waals surface area contributed by atoms with E-state index < -0.39 is 0 Å². The van der Waals surface area contributed by atoms with E-state index in [9.17, 15) is 0 Å². The lowest BCUT2D eigenvalue weighted by molar-refractivity contribution is 0.544. The minimum atomic E-state index is 0.935. The van der Waals surface area contributed by atoms with Crippen LogP contribution in [0.1, 0.15) is 65.6 Å². The van der Waals surface area contributed by atoms with Crippen LogP contribution < -0.4 is 0 Å². The van der Waals surface area contributed by atoms with E-state index in [1.54, 1.807) is 6.20 Å². The molecular weight excluding hydrogens is 266 g/mol. The van der Waals surface area contributed by atoms with Gasteiger partial charge in [0.1, 0.15) is 0 Å². The number of terminal acetylenes is 1. The Morgan fingerprint density at radius 3 is 2.00 bits per heavy atom. The second-order valence-corrected chi connectivity index (χ2v) is 4.36. The molecule has 1 heterocycles. The summed E-state index contributed by atoms with van der Waals surface area (Å²) in [6.07, 6.45) is 10.5. The molecule has 1 heteroatoms. The molecule has 0 aromatic carbocycles. The van der Waals surface area contributed by atoms with Crippen LogP contribution in [-0.2, 0) is 0 Å². The van der Waals surface area contributed by atoms with E-state index in [1.807, 2.05) is 39.8 Å². The molecule has 1 aromatic heterocycles. The number of hydrogen-bond donors (Lipinski definition) is 0. The Balaban J connectivity index is -0.000000259. The van der Waals surface area contributed by atoms with Crippen molar-refractivity contribution < 1.29 is 0 Å². The second kappa shape index (κ2) is 21.3. The maximum absolute atomic E-state index is 4.66. The van der Waals surface area contributed by atoms with Gasteiger partial charge in [0.2, 0.25) is 0 Å². The molecule has 0 aliphatic carbocycles. The molecule has 0 amide bonds. The number of aryl methyl sites for hydroxylation is 1. The molecule has 0 saturated carbocycles. The topological polar surface area (TPSA) is 12.9 Å². The van der Waals surface area contributed by atoms with E-state index in [-0.39, 0.29) is 0 Å². The fraction of sp³-hybridized carbons (Fsp3) is 0.476. The number of nitrogens with zero attached hydrogens (tertiary/aromatic N) is 1. The molecule has 0 spiro atoms. The highest BCUT2D eigenvalue weighted by molar-refractivity contribution is 5.31. The Kier molecular flexibility index (Phi) is 24.2. The van der Waals surface area contributed by atoms with Gasteiger partial charge in [-0.2, -0.15) is 0 Å². The van der Waals surface area contributed by atoms with Crippen LogP contribution in [0.2, 0.25) is 0 Å². The summed E-state index contributed by atoms with van der Waals surface area (Å²) >= 11 is 0. The van der Waals surface area contributed by atoms with E-state index >= 15 is 0 Å². The van der Waals surface area contributed by atoms with Crippen molar-refractivity contribution in [2.45, 2.75) is 61.3 Å². The summed E-state index contributed by atoms with van der Waals surface area (Å²) in [5, 5.41) is 0. The smallest absolute Gasteiger partial charge is 0.0428 e. The predicted molar refractivity (Wildman–Crippen MR) is 102 cm³/mol. The molecule has 0 saturated heterocycles. The van der Waals surface area contributed by atoms with Crippen molar-refractivity contribution >= 4 is 0 Å². The average molecular weight is 300 g/mol. The molecular formula is C21H33N. The first-order chi connectivity index (χ1) is 10.5. The van der Waals surface area contributed by atoms with Crippen LogP contribution in [0.3, 0.4) is 0 Å². The van der Waals surface area contributed by atoms with Gasteiger partial charge in [-0.1, -0.05) is 65.9 Å². The van der Waals surface area contributed by atoms with Gasteiger partial charge in [0.25, 0.3) is 0 Å². The van der Waals surface area contributed by atoms with Gasteiger partial charge >= 0.3 is 0 Å². The Labute approximate surface area is 139 Å². The molecule has 0 atom stereocenters. The van der Waals surface area contributed by atoms with E-state index in [1.165, 1.54) is 18.9 Å². The lowest BCUT2D eigenvalue weighted by atomic mass is 10.1. The Hall–Kier alpha value is -1.99. The van der Waals surface area contributed by atoms with Crippen LogP contribution in [0.15, 0.2) is 31.0 Å². The summed E-state index contributed by atoms with van der Waals surface area (Å²) in [5.41, 5.74) is 2.01. The van der Waals surface area contributed by atoms with Crippen molar-refractivity contribution in [3.05, 3.63) is 42.2 Å². The number of aromatic nitrogens is 1. The lowest BCUT2D eigenvalue weighted by Gasteiger charge is -1.98. The predicted octanol–water partition coefficient (Wildman–Crippen LogP) is 6.04. The van der Waals surface area contributed by atoms with Crippen LogP contribution >= 0.6 is 0 Å². The zero-order chi connectivity index (χ0) is 17.8. The van der Waals surface area contributed by atoms with Gasteiger partial charge in [0, 0.05) is 17.5 Å². The summed E-state index contributed by atoms with van der Waals surface area (Å²) in [6, 6.07) is 3.93. The standard InChI is InChI=1S/C9H9N.C6H14.C4H4.C2H6/c1-3-4-9-6-5-8(2)10-7-9;1-4-6(3)5-2;1-3-4-2;1-2/h5-7H,1-2H3;6H,4-5H2,1-3H3;1,4H,2H2;1-2H3. The third kappa shape index (κ3) is 20.3. The zero-order valence-corrected chi connectivity index (χ0v) is 15.5. The van der Waals surface area contributed by atoms with Crippen molar-refractivity contribution in [1.29, 1.82) is 0 Å². The monoisotopic (exact) mass is 299 g/mol. The third-order valence-corrected chi connectivity index (χ3v) is 2.69. The normalized spacial score (nSPS) is 7.41. The van der Waals surface area contributed by atoms with Crippen LogP contribution in [0.4, 0.5) is 0 Å². The van der Waals surface area contributed by atoms with Crippen molar-refractivity contribution in [1.82, 2.24) is 4.98 Å². The largest absolute Gasteiger partial charge is 0.260 e. The summed E-state index contributed by atoms with van der Waals surface area (Å²) in [4.78, 5) is 4.10. The Bertz CT molecular complexity index is 434. The number of rotatable bonds is 2. The van der Waals surface area contributed by atoms with E-state index in [0.717, 1.165) is 17.2 Å². The molecule has 0 radical (unpaired) electrons. The molecule has 1 nitrogen and oxygen atoms in total. The first kappa shape index (κ1) is 25.0. The fourth-order valence-corrected chi connectivity index (χ4v) is 0.975. The highest BCUT2D eigenvalue weighted by atomic mass is 14.6. The van der Waals surface area contributed by atoms with Gasteiger partial charge in [-0.05, 0) is 38.0 Å². The molecule has 1 aromatic rings. The minimum Gasteiger partial charge on any atom is -0.260 e. The van der Waals surface area contributed by atoms with Gasteiger partial charge in [-0.3, -0.25) is 4.98 Å². The quantitative estimate of drug-likeness (QED) is 0.607. The van der Waals surface area contributed by atoms with Gasteiger partial charge in [0.15, 0.2) is 0 Å². The molecule has 22 heavy (non-hydrogen) atoms. The van der Waals surface area contributed by atoms with Crippen molar-refractivity contribution in [2.24, 2.45) is 5.92 Å². The Morgan fingerprint density at radius 2 is 1.77 bits per heavy atom. The van der Waals surface area contributed by atoms with Crippen LogP contribution in [-0.4, -0.2) is 4.98 Å². The minimum absolute atomic E-state index is 0.935. The first-order valence-electron chi connectivity index (χ1n) is 7.97. The van der Waals surface area contributed by atoms with E-state index in [2.05, 4.69) is 56.5 Å². The van der Waals surface area contributed by atoms with Gasteiger partial charge in [0.05, 0.1) is 0 Å². The lowest BCUT2D eigenvalue weighted by Crippen LogP contribution is -1.85. The second-order valence-electron chi connectivity index (χ2n) is 4.36. The third-order valence-electron chi connectivity index (χ3n) is 2.69. The van der Waals surface area contributed by atoms with E-state index in [4.69, 9.17) is 0 Å². The summed E-state index contributed by atoms with van der Waals surface area (Å²) in [5.74, 6) is 8.87. The molecule has 1 rings (SSSR count). The molecule has 0 bridgehead atoms. The summed E-state index contributed by atoms with van der Waals surface area (Å²) < 4.78 is 0. The fourth-order valence-electron chi connectivity index (χ4n) is 0.975. The zero-order valence-electron chi connectivity index (χ0n) is 15.5. The maximum atomic E-state index is 4.66. The molecule has 0 N–H and O–H groups in total. The van der Waals surface area contributed by atoms with Gasteiger partial charge < -0.3 is 0 Å². The summed E-state index contributed by atoms with van der Waals surface area (Å²) in [7, 11) is 0. The molecule has 0 aliphatic heterocycles. The molecule has 0 unspecified atom stereocenters.